The van der Waals surface area contributed by atoms with Crippen molar-refractivity contribution in [1.29, 1.82) is 0 Å². The van der Waals surface area contributed by atoms with Crippen LogP contribution >= 0.6 is 0 Å². The van der Waals surface area contributed by atoms with Crippen molar-refractivity contribution < 1.29 is 30.0 Å². The average molecular weight is 206 g/mol. The van der Waals surface area contributed by atoms with E-state index in [9.17, 15) is 20.1 Å². The quantitative estimate of drug-likeness (QED) is 0.395. The van der Waals surface area contributed by atoms with Crippen LogP contribution in [0, 0.1) is 0 Å². The summed E-state index contributed by atoms with van der Waals surface area (Å²) in [5, 5.41) is 36.8. The Morgan fingerprint density at radius 2 is 1.79 bits per heavy atom. The van der Waals surface area contributed by atoms with Gasteiger partial charge in [-0.25, -0.2) is 0 Å². The van der Waals surface area contributed by atoms with Crippen molar-refractivity contribution >= 4 is 5.78 Å². The van der Waals surface area contributed by atoms with Gasteiger partial charge in [0.1, 0.15) is 30.5 Å². The van der Waals surface area contributed by atoms with E-state index in [1.807, 2.05) is 0 Å². The second-order valence-corrected chi connectivity index (χ2v) is 3.36. The maximum Gasteiger partial charge on any atom is 0.161 e. The zero-order valence-electron chi connectivity index (χ0n) is 7.70. The summed E-state index contributed by atoms with van der Waals surface area (Å²) in [6.07, 6.45) is -6.54. The predicted molar refractivity (Wildman–Crippen MR) is 44.4 cm³/mol. The predicted octanol–water partition coefficient (Wildman–Crippen LogP) is -2.58. The Labute approximate surface area is 80.7 Å². The molecule has 82 valence electrons. The lowest BCUT2D eigenvalue weighted by Gasteiger charge is -2.38. The first-order chi connectivity index (χ1) is 6.49. The van der Waals surface area contributed by atoms with Crippen molar-refractivity contribution in [3.8, 4) is 0 Å². The number of hydrogen-bond acceptors (Lipinski definition) is 6. The van der Waals surface area contributed by atoms with Crippen LogP contribution in [0.1, 0.15) is 6.92 Å². The Morgan fingerprint density at radius 3 is 2.21 bits per heavy atom. The summed E-state index contributed by atoms with van der Waals surface area (Å²) < 4.78 is 4.93. The number of carbonyl (C=O) groups is 1. The summed E-state index contributed by atoms with van der Waals surface area (Å²) in [5.41, 5.74) is 0. The van der Waals surface area contributed by atoms with E-state index in [2.05, 4.69) is 0 Å². The van der Waals surface area contributed by atoms with E-state index in [1.165, 1.54) is 6.92 Å². The molecule has 1 fully saturated rings. The number of ether oxygens (including phenoxy) is 1. The molecule has 1 unspecified atom stereocenters. The van der Waals surface area contributed by atoms with Crippen molar-refractivity contribution in [3.05, 3.63) is 0 Å². The molecule has 1 aliphatic heterocycles. The monoisotopic (exact) mass is 206 g/mol. The minimum atomic E-state index is -1.48. The van der Waals surface area contributed by atoms with Gasteiger partial charge in [-0.2, -0.15) is 0 Å². The molecule has 5 atom stereocenters. The molecule has 0 aromatic carbocycles. The smallest absolute Gasteiger partial charge is 0.161 e. The van der Waals surface area contributed by atoms with Crippen LogP contribution in [0.25, 0.3) is 0 Å². The van der Waals surface area contributed by atoms with E-state index in [4.69, 9.17) is 9.84 Å². The van der Waals surface area contributed by atoms with Gasteiger partial charge in [0.2, 0.25) is 0 Å². The first-order valence-corrected chi connectivity index (χ1v) is 4.30. The summed E-state index contributed by atoms with van der Waals surface area (Å²) in [6, 6.07) is 0. The summed E-state index contributed by atoms with van der Waals surface area (Å²) in [6.45, 7) is 0.682. The Kier molecular flexibility index (Phi) is 3.57. The molecule has 4 N–H and O–H groups in total. The zero-order chi connectivity index (χ0) is 10.9. The third-order valence-corrected chi connectivity index (χ3v) is 2.29. The molecule has 0 aromatic heterocycles. The average Bonchev–Trinajstić information content (AvgIpc) is 2.14. The first-order valence-electron chi connectivity index (χ1n) is 4.30. The van der Waals surface area contributed by atoms with Gasteiger partial charge < -0.3 is 25.2 Å². The van der Waals surface area contributed by atoms with Gasteiger partial charge in [-0.15, -0.1) is 0 Å². The molecule has 1 saturated heterocycles. The summed E-state index contributed by atoms with van der Waals surface area (Å²) >= 11 is 0. The maximum atomic E-state index is 11.0. The molecule has 1 rings (SSSR count). The van der Waals surface area contributed by atoms with Crippen LogP contribution in [-0.2, 0) is 9.53 Å². The summed E-state index contributed by atoms with van der Waals surface area (Å²) in [4.78, 5) is 11.0. The van der Waals surface area contributed by atoms with Crippen molar-refractivity contribution in [2.45, 2.75) is 37.4 Å². The Hall–Kier alpha value is -0.530. The lowest BCUT2D eigenvalue weighted by atomic mass is 9.93. The Morgan fingerprint density at radius 1 is 1.21 bits per heavy atom. The van der Waals surface area contributed by atoms with Crippen LogP contribution in [-0.4, -0.2) is 63.3 Å². The molecular formula is C8H14O6. The fourth-order valence-corrected chi connectivity index (χ4v) is 1.44. The van der Waals surface area contributed by atoms with Gasteiger partial charge in [-0.1, -0.05) is 0 Å². The number of Topliss-reactive ketones (excluding diaryl/α,β-unsaturated/α-hetero) is 1. The molecule has 6 nitrogen and oxygen atoms in total. The molecule has 0 spiro atoms. The topological polar surface area (TPSA) is 107 Å². The van der Waals surface area contributed by atoms with Crippen molar-refractivity contribution in [2.24, 2.45) is 0 Å². The molecule has 1 aliphatic rings. The molecule has 0 radical (unpaired) electrons. The van der Waals surface area contributed by atoms with Crippen LogP contribution in [0.15, 0.2) is 0 Å². The van der Waals surface area contributed by atoms with Crippen LogP contribution in [0.3, 0.4) is 0 Å². The van der Waals surface area contributed by atoms with Crippen LogP contribution < -0.4 is 0 Å². The third-order valence-electron chi connectivity index (χ3n) is 2.29. The maximum absolute atomic E-state index is 11.0. The van der Waals surface area contributed by atoms with E-state index in [0.717, 1.165) is 0 Å². The molecular weight excluding hydrogens is 192 g/mol. The number of rotatable bonds is 2. The van der Waals surface area contributed by atoms with Gasteiger partial charge in [0.25, 0.3) is 0 Å². The zero-order valence-corrected chi connectivity index (χ0v) is 7.70. The van der Waals surface area contributed by atoms with Crippen molar-refractivity contribution in [2.75, 3.05) is 6.61 Å². The standard InChI is InChI=1S/C8H14O6/c1-3(10)8-7(13)6(12)5(11)4(2-9)14-8/h4-9,11-13H,2H2,1H3/t4-,5+,6+,7-,8?/m1/s1. The van der Waals surface area contributed by atoms with Gasteiger partial charge in [-0.05, 0) is 6.92 Å². The van der Waals surface area contributed by atoms with Crippen LogP contribution in [0.2, 0.25) is 0 Å². The van der Waals surface area contributed by atoms with Crippen molar-refractivity contribution in [1.82, 2.24) is 0 Å². The van der Waals surface area contributed by atoms with Gasteiger partial charge in [0.05, 0.1) is 6.61 Å². The Bertz CT molecular complexity index is 216. The largest absolute Gasteiger partial charge is 0.394 e. The van der Waals surface area contributed by atoms with E-state index in [1.54, 1.807) is 0 Å². The van der Waals surface area contributed by atoms with Gasteiger partial charge >= 0.3 is 0 Å². The SMILES string of the molecule is CC(=O)C1O[C@H](CO)[C@H](O)[C@H](O)[C@H]1O. The van der Waals surface area contributed by atoms with Crippen LogP contribution in [0.4, 0.5) is 0 Å². The minimum absolute atomic E-state index is 0.457. The first kappa shape index (κ1) is 11.5. The number of aliphatic hydroxyl groups excluding tert-OH is 4. The molecule has 0 aromatic rings. The second-order valence-electron chi connectivity index (χ2n) is 3.36. The summed E-state index contributed by atoms with van der Waals surface area (Å²) in [7, 11) is 0. The number of ketones is 1. The molecule has 0 bridgehead atoms. The molecule has 6 heteroatoms. The lowest BCUT2D eigenvalue weighted by Crippen LogP contribution is -2.60. The van der Waals surface area contributed by atoms with Gasteiger partial charge in [0, 0.05) is 0 Å². The normalized spacial score (nSPS) is 43.6. The van der Waals surface area contributed by atoms with E-state index >= 15 is 0 Å². The number of hydrogen-bond donors (Lipinski definition) is 4. The lowest BCUT2D eigenvalue weighted by molar-refractivity contribution is -0.225. The van der Waals surface area contributed by atoms with Crippen molar-refractivity contribution in [3.63, 3.8) is 0 Å². The number of carbonyl (C=O) groups excluding carboxylic acids is 1. The highest BCUT2D eigenvalue weighted by molar-refractivity contribution is 5.81. The highest BCUT2D eigenvalue weighted by atomic mass is 16.5. The molecule has 0 amide bonds. The number of aliphatic hydroxyl groups is 4. The summed E-state index contributed by atoms with van der Waals surface area (Å²) in [5.74, 6) is -0.457. The van der Waals surface area contributed by atoms with E-state index in [-0.39, 0.29) is 0 Å². The fraction of sp³-hybridized carbons (Fsp3) is 0.875. The molecule has 14 heavy (non-hydrogen) atoms. The van der Waals surface area contributed by atoms with E-state index in [0.29, 0.717) is 0 Å². The molecule has 1 heterocycles. The Balaban J connectivity index is 2.78. The van der Waals surface area contributed by atoms with Gasteiger partial charge in [0.15, 0.2) is 5.78 Å². The molecule has 0 aliphatic carbocycles. The highest BCUT2D eigenvalue weighted by Crippen LogP contribution is 2.21. The van der Waals surface area contributed by atoms with Gasteiger partial charge in [-0.3, -0.25) is 4.79 Å². The third kappa shape index (κ3) is 1.94. The highest BCUT2D eigenvalue weighted by Gasteiger charge is 2.44. The molecule has 0 saturated carbocycles. The van der Waals surface area contributed by atoms with E-state index < -0.39 is 42.9 Å². The van der Waals surface area contributed by atoms with Crippen LogP contribution in [0.5, 0.6) is 0 Å². The second kappa shape index (κ2) is 4.33. The minimum Gasteiger partial charge on any atom is -0.394 e. The fourth-order valence-electron chi connectivity index (χ4n) is 1.44.